The molecule has 4 aliphatic carbocycles. The average Bonchev–Trinajstić information content (AvgIpc) is 2.15. The van der Waals surface area contributed by atoms with Crippen LogP contribution in [0.5, 0.6) is 0 Å². The zero-order chi connectivity index (χ0) is 10.6. The first kappa shape index (κ1) is 9.89. The van der Waals surface area contributed by atoms with Crippen LogP contribution in [0.2, 0.25) is 0 Å². The summed E-state index contributed by atoms with van der Waals surface area (Å²) in [4.78, 5) is 0. The molecule has 0 aromatic carbocycles. The molecule has 1 unspecified atom stereocenters. The molecule has 4 aliphatic rings. The largest absolute Gasteiger partial charge is 0.322 e. The second-order valence-electron chi connectivity index (χ2n) is 6.53. The van der Waals surface area contributed by atoms with Crippen LogP contribution in [0.25, 0.3) is 0 Å². The van der Waals surface area contributed by atoms with Gasteiger partial charge in [-0.05, 0) is 68.6 Å². The molecule has 0 aromatic heterocycles. The maximum atomic E-state index is 6.42. The van der Waals surface area contributed by atoms with Crippen LogP contribution in [0.4, 0.5) is 0 Å². The van der Waals surface area contributed by atoms with Crippen molar-refractivity contribution in [3.63, 3.8) is 0 Å². The molecule has 0 aliphatic heterocycles. The molecule has 1 nitrogen and oxygen atoms in total. The van der Waals surface area contributed by atoms with Gasteiger partial charge in [-0.15, -0.1) is 6.58 Å². The highest BCUT2D eigenvalue weighted by Gasteiger charge is 2.52. The first-order valence-corrected chi connectivity index (χ1v) is 6.52. The molecule has 4 saturated carbocycles. The van der Waals surface area contributed by atoms with Crippen LogP contribution in [0.15, 0.2) is 12.7 Å². The molecule has 0 radical (unpaired) electrons. The third-order valence-corrected chi connectivity index (χ3v) is 5.38. The number of rotatable bonds is 2. The zero-order valence-electron chi connectivity index (χ0n) is 9.78. The SMILES string of the molecule is C=CC(C)(N)C1C2CC3CC(C2)CC1C3. The molecule has 0 saturated heterocycles. The number of hydrogen-bond donors (Lipinski definition) is 1. The summed E-state index contributed by atoms with van der Waals surface area (Å²) in [6.45, 7) is 6.13. The molecule has 84 valence electrons. The Morgan fingerprint density at radius 3 is 1.93 bits per heavy atom. The van der Waals surface area contributed by atoms with E-state index in [0.29, 0.717) is 0 Å². The summed E-state index contributed by atoms with van der Waals surface area (Å²) < 4.78 is 0. The van der Waals surface area contributed by atoms with Gasteiger partial charge in [-0.1, -0.05) is 6.08 Å². The molecule has 4 fully saturated rings. The molecule has 4 bridgehead atoms. The monoisotopic (exact) mass is 205 g/mol. The minimum atomic E-state index is -0.122. The van der Waals surface area contributed by atoms with E-state index in [1.54, 1.807) is 0 Å². The molecule has 0 spiro atoms. The van der Waals surface area contributed by atoms with Crippen molar-refractivity contribution in [1.29, 1.82) is 0 Å². The first-order valence-electron chi connectivity index (χ1n) is 6.52. The van der Waals surface area contributed by atoms with Gasteiger partial charge < -0.3 is 5.73 Å². The van der Waals surface area contributed by atoms with E-state index in [0.717, 1.165) is 29.6 Å². The minimum absolute atomic E-state index is 0.122. The summed E-state index contributed by atoms with van der Waals surface area (Å²) in [5.41, 5.74) is 6.30. The van der Waals surface area contributed by atoms with Gasteiger partial charge >= 0.3 is 0 Å². The van der Waals surface area contributed by atoms with Crippen molar-refractivity contribution in [3.8, 4) is 0 Å². The fourth-order valence-corrected chi connectivity index (χ4v) is 5.08. The Morgan fingerprint density at radius 1 is 1.07 bits per heavy atom. The highest BCUT2D eigenvalue weighted by molar-refractivity contribution is 5.11. The van der Waals surface area contributed by atoms with Crippen molar-refractivity contribution in [2.75, 3.05) is 0 Å². The molecular weight excluding hydrogens is 182 g/mol. The van der Waals surface area contributed by atoms with Crippen molar-refractivity contribution in [2.24, 2.45) is 35.3 Å². The van der Waals surface area contributed by atoms with E-state index >= 15 is 0 Å². The van der Waals surface area contributed by atoms with E-state index in [9.17, 15) is 0 Å². The van der Waals surface area contributed by atoms with Gasteiger partial charge in [-0.2, -0.15) is 0 Å². The molecular formula is C14H23N. The lowest BCUT2D eigenvalue weighted by Gasteiger charge is -2.58. The van der Waals surface area contributed by atoms with Crippen LogP contribution in [-0.2, 0) is 0 Å². The van der Waals surface area contributed by atoms with Gasteiger partial charge in [0.05, 0.1) is 0 Å². The van der Waals surface area contributed by atoms with Gasteiger partial charge in [0.2, 0.25) is 0 Å². The van der Waals surface area contributed by atoms with E-state index < -0.39 is 0 Å². The smallest absolute Gasteiger partial charge is 0.0341 e. The first-order chi connectivity index (χ1) is 7.10. The van der Waals surface area contributed by atoms with E-state index in [1.165, 1.54) is 32.1 Å². The van der Waals surface area contributed by atoms with Crippen molar-refractivity contribution in [2.45, 2.75) is 44.6 Å². The summed E-state index contributed by atoms with van der Waals surface area (Å²) in [6.07, 6.45) is 9.35. The molecule has 0 aromatic rings. The Morgan fingerprint density at radius 2 is 1.53 bits per heavy atom. The van der Waals surface area contributed by atoms with Gasteiger partial charge in [0.1, 0.15) is 0 Å². The predicted octanol–water partition coefficient (Wildman–Crippen LogP) is 2.96. The Labute approximate surface area is 93.1 Å². The highest BCUT2D eigenvalue weighted by atomic mass is 14.8. The second kappa shape index (κ2) is 3.10. The van der Waals surface area contributed by atoms with Crippen LogP contribution in [-0.4, -0.2) is 5.54 Å². The van der Waals surface area contributed by atoms with Gasteiger partial charge in [0.15, 0.2) is 0 Å². The molecule has 1 atom stereocenters. The van der Waals surface area contributed by atoms with Crippen molar-refractivity contribution in [3.05, 3.63) is 12.7 Å². The lowest BCUT2D eigenvalue weighted by molar-refractivity contribution is -0.0569. The summed E-state index contributed by atoms with van der Waals surface area (Å²) in [6, 6.07) is 0. The summed E-state index contributed by atoms with van der Waals surface area (Å²) in [7, 11) is 0. The third-order valence-electron chi connectivity index (χ3n) is 5.38. The van der Waals surface area contributed by atoms with Crippen LogP contribution in [0.1, 0.15) is 39.0 Å². The van der Waals surface area contributed by atoms with Crippen LogP contribution in [0, 0.1) is 29.6 Å². The zero-order valence-corrected chi connectivity index (χ0v) is 9.78. The van der Waals surface area contributed by atoms with E-state index in [2.05, 4.69) is 13.5 Å². The Hall–Kier alpha value is -0.300. The van der Waals surface area contributed by atoms with E-state index in [1.807, 2.05) is 6.08 Å². The average molecular weight is 205 g/mol. The fourth-order valence-electron chi connectivity index (χ4n) is 5.08. The van der Waals surface area contributed by atoms with Crippen LogP contribution >= 0.6 is 0 Å². The predicted molar refractivity (Wildman–Crippen MR) is 63.3 cm³/mol. The quantitative estimate of drug-likeness (QED) is 0.689. The lowest BCUT2D eigenvalue weighted by Crippen LogP contribution is -2.56. The summed E-state index contributed by atoms with van der Waals surface area (Å²) in [5, 5.41) is 0. The van der Waals surface area contributed by atoms with Crippen LogP contribution in [0.3, 0.4) is 0 Å². The standard InChI is InChI=1S/C14H23N/c1-3-14(2,15)13-11-5-9-4-10(7-11)8-12(13)6-9/h3,9-13H,1,4-8,15H2,2H3. The topological polar surface area (TPSA) is 26.0 Å². The summed E-state index contributed by atoms with van der Waals surface area (Å²) in [5.74, 6) is 4.64. The number of hydrogen-bond acceptors (Lipinski definition) is 1. The molecule has 15 heavy (non-hydrogen) atoms. The maximum Gasteiger partial charge on any atom is 0.0341 e. The van der Waals surface area contributed by atoms with E-state index in [-0.39, 0.29) is 5.54 Å². The lowest BCUT2D eigenvalue weighted by atomic mass is 9.48. The van der Waals surface area contributed by atoms with Gasteiger partial charge in [0.25, 0.3) is 0 Å². The molecule has 0 heterocycles. The van der Waals surface area contributed by atoms with Crippen LogP contribution < -0.4 is 5.73 Å². The Balaban J connectivity index is 1.89. The van der Waals surface area contributed by atoms with Gasteiger partial charge in [-0.3, -0.25) is 0 Å². The molecule has 2 N–H and O–H groups in total. The minimum Gasteiger partial charge on any atom is -0.322 e. The molecule has 0 amide bonds. The van der Waals surface area contributed by atoms with Crippen molar-refractivity contribution in [1.82, 2.24) is 0 Å². The normalized spacial score (nSPS) is 51.5. The fraction of sp³-hybridized carbons (Fsp3) is 0.857. The Kier molecular flexibility index (Phi) is 2.04. The highest BCUT2D eigenvalue weighted by Crippen LogP contribution is 2.58. The van der Waals surface area contributed by atoms with Gasteiger partial charge in [-0.25, -0.2) is 0 Å². The van der Waals surface area contributed by atoms with E-state index in [4.69, 9.17) is 5.73 Å². The summed E-state index contributed by atoms with van der Waals surface area (Å²) >= 11 is 0. The molecule has 1 heteroatoms. The van der Waals surface area contributed by atoms with Crippen molar-refractivity contribution >= 4 is 0 Å². The van der Waals surface area contributed by atoms with Crippen molar-refractivity contribution < 1.29 is 0 Å². The third kappa shape index (κ3) is 1.39. The Bertz CT molecular complexity index is 251. The maximum absolute atomic E-state index is 6.42. The second-order valence-corrected chi connectivity index (χ2v) is 6.53. The molecule has 4 rings (SSSR count). The number of nitrogens with two attached hydrogens (primary N) is 1. The van der Waals surface area contributed by atoms with Gasteiger partial charge in [0, 0.05) is 5.54 Å².